The van der Waals surface area contributed by atoms with Crippen LogP contribution in [0.3, 0.4) is 0 Å². The third-order valence-corrected chi connectivity index (χ3v) is 16.5. The summed E-state index contributed by atoms with van der Waals surface area (Å²) in [7, 11) is 0. The van der Waals surface area contributed by atoms with Gasteiger partial charge in [-0.05, 0) is 118 Å². The molecule has 0 spiro atoms. The number of carboxylic acid groups (broad SMARTS) is 2. The van der Waals surface area contributed by atoms with Crippen LogP contribution in [0.15, 0.2) is 29.3 Å². The fraction of sp³-hybridized carbons (Fsp3) is 0.677. The van der Waals surface area contributed by atoms with Crippen molar-refractivity contribution in [1.82, 2.24) is 57.7 Å². The van der Waals surface area contributed by atoms with E-state index in [2.05, 4.69) is 52.8 Å². The molecule has 0 radical (unpaired) electrons. The smallest absolute Gasteiger partial charge is 0.326 e. The maximum absolute atomic E-state index is 14.7. The van der Waals surface area contributed by atoms with Crippen LogP contribution in [0.4, 0.5) is 0 Å². The summed E-state index contributed by atoms with van der Waals surface area (Å²) in [6, 6.07) is -8.72. The van der Waals surface area contributed by atoms with Crippen molar-refractivity contribution in [2.24, 2.45) is 57.5 Å². The zero-order valence-electron chi connectivity index (χ0n) is 58.0. The fourth-order valence-electron chi connectivity index (χ4n) is 11.4. The minimum Gasteiger partial charge on any atom is -0.508 e. The van der Waals surface area contributed by atoms with Crippen LogP contribution in [0.25, 0.3) is 0 Å². The number of aliphatic carboxylic acids is 2. The molecule has 3 rings (SSSR count). The largest absolute Gasteiger partial charge is 0.508 e. The topological polar surface area (TPSA) is 531 Å². The Morgan fingerprint density at radius 2 is 0.969 bits per heavy atom. The molecule has 548 valence electrons. The minimum atomic E-state index is -1.71. The van der Waals surface area contributed by atoms with E-state index in [1.807, 2.05) is 27.7 Å². The molecule has 98 heavy (non-hydrogen) atoms. The number of nitrogens with two attached hydrogens (primary N) is 4. The van der Waals surface area contributed by atoms with Crippen LogP contribution in [-0.2, 0) is 73.5 Å². The summed E-state index contributed by atoms with van der Waals surface area (Å²) in [5, 5.41) is 53.0. The van der Waals surface area contributed by atoms with Crippen LogP contribution in [0.2, 0.25) is 0 Å². The van der Waals surface area contributed by atoms with Crippen LogP contribution in [0.1, 0.15) is 158 Å². The molecule has 2 aliphatic rings. The number of primary amides is 1. The summed E-state index contributed by atoms with van der Waals surface area (Å²) < 4.78 is 0. The monoisotopic (exact) mass is 1380 g/mol. The van der Waals surface area contributed by atoms with E-state index in [9.17, 15) is 82.4 Å². The molecule has 20 N–H and O–H groups in total. The molecule has 2 aliphatic heterocycles. The Balaban J connectivity index is 1.82. The zero-order chi connectivity index (χ0) is 73.8. The Kier molecular flexibility index (Phi) is 34.3. The molecule has 2 saturated heterocycles. The molecule has 33 heteroatoms. The van der Waals surface area contributed by atoms with Gasteiger partial charge in [-0.1, -0.05) is 81.4 Å². The molecule has 0 bridgehead atoms. The number of hydrogen-bond donors (Lipinski definition) is 16. The van der Waals surface area contributed by atoms with Gasteiger partial charge < -0.3 is 95.9 Å². The lowest BCUT2D eigenvalue weighted by Crippen LogP contribution is -2.61. The van der Waals surface area contributed by atoms with Gasteiger partial charge in [-0.2, -0.15) is 0 Å². The Bertz CT molecular complexity index is 2980. The number of nitrogens with zero attached hydrogens (tertiary/aromatic N) is 3. The van der Waals surface area contributed by atoms with Crippen molar-refractivity contribution in [3.05, 3.63) is 29.8 Å². The molecule has 0 aliphatic carbocycles. The number of phenolic OH excluding ortho intramolecular Hbond substituents is 1. The molecule has 2 heterocycles. The maximum atomic E-state index is 14.7. The van der Waals surface area contributed by atoms with Crippen LogP contribution < -0.4 is 70.8 Å². The summed E-state index contributed by atoms with van der Waals surface area (Å²) in [4.78, 5) is 197. The summed E-state index contributed by atoms with van der Waals surface area (Å²) in [6.45, 7) is 17.1. The lowest BCUT2D eigenvalue weighted by molar-refractivity contribution is -0.143. The van der Waals surface area contributed by atoms with Gasteiger partial charge in [-0.3, -0.25) is 67.3 Å². The normalized spacial score (nSPS) is 17.2. The van der Waals surface area contributed by atoms with Gasteiger partial charge in [0.05, 0.1) is 12.6 Å². The van der Waals surface area contributed by atoms with Gasteiger partial charge in [-0.25, -0.2) is 4.79 Å². The molecule has 2 fully saturated rings. The van der Waals surface area contributed by atoms with E-state index >= 15 is 0 Å². The minimum absolute atomic E-state index is 0.0131. The van der Waals surface area contributed by atoms with E-state index in [0.717, 1.165) is 4.90 Å². The van der Waals surface area contributed by atoms with E-state index in [4.69, 9.17) is 22.9 Å². The molecule has 1 aromatic rings. The van der Waals surface area contributed by atoms with Crippen molar-refractivity contribution in [3.63, 3.8) is 0 Å². The second-order valence-electron chi connectivity index (χ2n) is 27.1. The van der Waals surface area contributed by atoms with E-state index in [-0.39, 0.29) is 100 Å². The van der Waals surface area contributed by atoms with Crippen molar-refractivity contribution in [3.8, 4) is 5.75 Å². The Hall–Kier alpha value is -9.17. The van der Waals surface area contributed by atoms with Crippen molar-refractivity contribution in [2.45, 2.75) is 226 Å². The average Bonchev–Trinajstić information content (AvgIpc) is 1.59. The first-order valence-electron chi connectivity index (χ1n) is 33.5. The zero-order valence-corrected chi connectivity index (χ0v) is 58.0. The summed E-state index contributed by atoms with van der Waals surface area (Å²) in [6.07, 6.45) is -0.731. The predicted octanol–water partition coefficient (Wildman–Crippen LogP) is -2.04. The van der Waals surface area contributed by atoms with Gasteiger partial charge in [0, 0.05) is 38.9 Å². The lowest BCUT2D eigenvalue weighted by atomic mass is 9.99. The number of phenols is 1. The highest BCUT2D eigenvalue weighted by atomic mass is 16.4. The number of aliphatic imine (C=N–C) groups is 1. The van der Waals surface area contributed by atoms with Gasteiger partial charge in [-0.15, -0.1) is 0 Å². The Morgan fingerprint density at radius 1 is 0.520 bits per heavy atom. The average molecular weight is 1380 g/mol. The second-order valence-corrected chi connectivity index (χ2v) is 27.1. The first-order valence-corrected chi connectivity index (χ1v) is 33.5. The van der Waals surface area contributed by atoms with Crippen LogP contribution in [-0.4, -0.2) is 207 Å². The highest BCUT2D eigenvalue weighted by molar-refractivity contribution is 5.99. The van der Waals surface area contributed by atoms with Gasteiger partial charge in [0.2, 0.25) is 70.9 Å². The third-order valence-electron chi connectivity index (χ3n) is 16.5. The molecular weight excluding hydrogens is 1280 g/mol. The van der Waals surface area contributed by atoms with Crippen molar-refractivity contribution >= 4 is 88.8 Å². The van der Waals surface area contributed by atoms with Crippen molar-refractivity contribution < 1.29 is 82.4 Å². The number of carbonyl (C=O) groups excluding carboxylic acids is 12. The van der Waals surface area contributed by atoms with Crippen LogP contribution >= 0.6 is 0 Å². The number of likely N-dealkylation sites (tertiary alicyclic amines) is 2. The number of guanidine groups is 1. The number of hydrogen-bond acceptors (Lipinski definition) is 17. The van der Waals surface area contributed by atoms with Gasteiger partial charge in [0.25, 0.3) is 0 Å². The van der Waals surface area contributed by atoms with E-state index in [0.29, 0.717) is 18.4 Å². The third kappa shape index (κ3) is 28.1. The molecular formula is C65H106N16O17. The van der Waals surface area contributed by atoms with Crippen molar-refractivity contribution in [1.29, 1.82) is 0 Å². The number of amides is 12. The fourth-order valence-corrected chi connectivity index (χ4v) is 11.4. The van der Waals surface area contributed by atoms with Crippen LogP contribution in [0, 0.1) is 29.6 Å². The summed E-state index contributed by atoms with van der Waals surface area (Å²) >= 11 is 0. The highest BCUT2D eigenvalue weighted by Crippen LogP contribution is 2.23. The molecule has 12 amide bonds. The second kappa shape index (κ2) is 40.5. The molecule has 0 aromatic heterocycles. The van der Waals surface area contributed by atoms with Crippen LogP contribution in [0.5, 0.6) is 5.75 Å². The summed E-state index contributed by atoms with van der Waals surface area (Å²) in [5.41, 5.74) is 22.8. The summed E-state index contributed by atoms with van der Waals surface area (Å²) in [5.74, 6) is -14.1. The first-order chi connectivity index (χ1) is 45.9. The number of benzene rings is 1. The SMILES string of the molecule is CC(C)C[C@H](NC(=O)[C@@H](NC(=O)[C@@H]1CCCN1C(=O)[C@H](CCC(N)=O)NC(=O)[C@H](CCC(=O)O)NC(=O)[C@H](Cc1ccc(O)cc1)NC(=O)[C@H](CC(C)C)NC(=O)[C@@H](N)CC(C)C)C(C)C)C(=O)NCC(=O)N1CCC[C@H]1C(=O)N[C@H](C(=O)N[C@@H](CCCN=C(N)N)C(=O)O)C(C)C. The molecule has 33 nitrogen and oxygen atoms in total. The number of carboxylic acids is 2. The number of nitrogens with one attached hydrogen (secondary N) is 9. The lowest BCUT2D eigenvalue weighted by Gasteiger charge is -2.32. The van der Waals surface area contributed by atoms with Gasteiger partial charge in [0.15, 0.2) is 5.96 Å². The standard InChI is InChI=1S/C65H106N16O17/c1-33(2)28-40(66)54(87)75-45(30-35(5)6)57(90)76-46(31-38-17-19-39(82)20-18-38)58(91)72-41(22-24-51(85)86)56(89)73-42(21-23-49(67)83)63(96)81-27-13-16-48(81)60(93)79-53(37(9)10)62(95)77-44(29-34(3)4)55(88)71-32-50(84)80-26-12-15-47(80)59(92)78-52(36(7)8)61(94)74-43(64(97)98)14-11-25-70-65(68)69/h17-20,33-37,40-48,52-53,82H,11-16,21-32,66H2,1-10H3,(H2,67,83)(H,71,88)(H,72,91)(H,73,89)(H,74,94)(H,75,87)(H,76,90)(H,77,95)(H,78,92)(H,79,93)(H,85,86)(H,97,98)(H4,68,69,70)/t40-,41-,42-,43-,44-,45-,46-,47-,48-,52-,53-/m0/s1. The molecule has 11 atom stereocenters. The van der Waals surface area contributed by atoms with Gasteiger partial charge in [0.1, 0.15) is 66.2 Å². The van der Waals surface area contributed by atoms with E-state index in [1.165, 1.54) is 29.2 Å². The predicted molar refractivity (Wildman–Crippen MR) is 359 cm³/mol. The number of rotatable bonds is 41. The van der Waals surface area contributed by atoms with E-state index < -0.39 is 193 Å². The quantitative estimate of drug-likeness (QED) is 0.0191. The Labute approximate surface area is 571 Å². The molecule has 0 unspecified atom stereocenters. The van der Waals surface area contributed by atoms with Gasteiger partial charge >= 0.3 is 11.9 Å². The first kappa shape index (κ1) is 83.1. The molecule has 1 aromatic carbocycles. The highest BCUT2D eigenvalue weighted by Gasteiger charge is 2.42. The maximum Gasteiger partial charge on any atom is 0.326 e. The van der Waals surface area contributed by atoms with Crippen molar-refractivity contribution in [2.75, 3.05) is 26.2 Å². The Morgan fingerprint density at radius 3 is 1.47 bits per heavy atom. The number of carbonyl (C=O) groups is 14. The van der Waals surface area contributed by atoms with E-state index in [1.54, 1.807) is 41.5 Å². The number of aromatic hydroxyl groups is 1. The molecule has 0 saturated carbocycles.